The molecular weight excluding hydrogens is 368 g/mol. The Kier molecular flexibility index (Phi) is 8.69. The molecule has 156 valence electrons. The van der Waals surface area contributed by atoms with E-state index in [1.807, 2.05) is 27.7 Å². The lowest BCUT2D eigenvalue weighted by atomic mass is 10.1. The van der Waals surface area contributed by atoms with E-state index in [1.54, 1.807) is 4.90 Å². The molecule has 0 saturated heterocycles. The third kappa shape index (κ3) is 6.40. The monoisotopic (exact) mass is 396 g/mol. The van der Waals surface area contributed by atoms with Crippen molar-refractivity contribution >= 4 is 17.6 Å². The van der Waals surface area contributed by atoms with Gasteiger partial charge in [0, 0.05) is 19.2 Å². The van der Waals surface area contributed by atoms with Gasteiger partial charge in [-0.05, 0) is 11.8 Å². The Morgan fingerprint density at radius 2 is 1.54 bits per heavy atom. The summed E-state index contributed by atoms with van der Waals surface area (Å²) in [6.45, 7) is 8.51. The van der Waals surface area contributed by atoms with Crippen LogP contribution in [0, 0.1) is 22.0 Å². The zero-order chi connectivity index (χ0) is 21.4. The maximum Gasteiger partial charge on any atom is 0.345 e. The molecule has 0 radical (unpaired) electrons. The Bertz CT molecular complexity index is 706. The van der Waals surface area contributed by atoms with E-state index in [2.05, 4.69) is 0 Å². The lowest BCUT2D eigenvalue weighted by molar-refractivity contribution is -0.385. The molecular formula is C19H28N2O7. The maximum atomic E-state index is 12.5. The van der Waals surface area contributed by atoms with E-state index in [-0.39, 0.29) is 34.8 Å². The van der Waals surface area contributed by atoms with Crippen molar-refractivity contribution in [1.82, 2.24) is 4.90 Å². The van der Waals surface area contributed by atoms with Crippen LogP contribution in [0.2, 0.25) is 0 Å². The van der Waals surface area contributed by atoms with Crippen LogP contribution in [0.25, 0.3) is 0 Å². The van der Waals surface area contributed by atoms with Crippen molar-refractivity contribution in [3.63, 3.8) is 0 Å². The second-order valence-corrected chi connectivity index (χ2v) is 7.14. The standard InChI is InChI=1S/C19H28N2O7/c1-12(2)9-20(10-13(3)4)18(22)11-28-19(23)14-7-16(26-5)17(27-6)8-15(14)21(24)25/h7-8,12-13H,9-11H2,1-6H3. The first-order valence-corrected chi connectivity index (χ1v) is 8.95. The number of amides is 1. The number of nitro benzene ring substituents is 1. The molecule has 0 bridgehead atoms. The first-order chi connectivity index (χ1) is 13.1. The van der Waals surface area contributed by atoms with Crippen LogP contribution in [0.5, 0.6) is 11.5 Å². The number of nitrogens with zero attached hydrogens (tertiary/aromatic N) is 2. The summed E-state index contributed by atoms with van der Waals surface area (Å²) in [5, 5.41) is 11.3. The Labute approximate surface area is 164 Å². The van der Waals surface area contributed by atoms with Gasteiger partial charge in [-0.2, -0.15) is 0 Å². The highest BCUT2D eigenvalue weighted by molar-refractivity contribution is 5.96. The molecule has 9 heteroatoms. The Morgan fingerprint density at radius 1 is 1.04 bits per heavy atom. The first kappa shape index (κ1) is 23.2. The molecule has 0 aliphatic carbocycles. The Morgan fingerprint density at radius 3 is 1.96 bits per heavy atom. The number of benzene rings is 1. The zero-order valence-electron chi connectivity index (χ0n) is 17.2. The summed E-state index contributed by atoms with van der Waals surface area (Å²) in [5.41, 5.74) is -0.800. The fourth-order valence-corrected chi connectivity index (χ4v) is 2.64. The lowest BCUT2D eigenvalue weighted by Gasteiger charge is -2.26. The van der Waals surface area contributed by atoms with Gasteiger partial charge in [-0.1, -0.05) is 27.7 Å². The topological polar surface area (TPSA) is 108 Å². The van der Waals surface area contributed by atoms with Crippen LogP contribution in [0.4, 0.5) is 5.69 Å². The van der Waals surface area contributed by atoms with E-state index in [9.17, 15) is 19.7 Å². The molecule has 1 aromatic carbocycles. The normalized spacial score (nSPS) is 10.7. The van der Waals surface area contributed by atoms with Crippen molar-refractivity contribution in [3.8, 4) is 11.5 Å². The average molecular weight is 396 g/mol. The highest BCUT2D eigenvalue weighted by atomic mass is 16.6. The van der Waals surface area contributed by atoms with Gasteiger partial charge in [0.25, 0.3) is 11.6 Å². The molecule has 0 aliphatic rings. The molecule has 0 spiro atoms. The molecule has 1 aromatic rings. The van der Waals surface area contributed by atoms with Gasteiger partial charge in [0.2, 0.25) is 0 Å². The minimum atomic E-state index is -0.977. The van der Waals surface area contributed by atoms with Gasteiger partial charge in [0.1, 0.15) is 5.56 Å². The van der Waals surface area contributed by atoms with Crippen LogP contribution in [0.15, 0.2) is 12.1 Å². The lowest BCUT2D eigenvalue weighted by Crippen LogP contribution is -2.39. The van der Waals surface area contributed by atoms with Gasteiger partial charge < -0.3 is 19.1 Å². The summed E-state index contributed by atoms with van der Waals surface area (Å²) in [6.07, 6.45) is 0. The number of carbonyl (C=O) groups is 2. The van der Waals surface area contributed by atoms with Crippen molar-refractivity contribution in [1.29, 1.82) is 0 Å². The Balaban J connectivity index is 3.00. The number of carbonyl (C=O) groups excluding carboxylic acids is 2. The quantitative estimate of drug-likeness (QED) is 0.340. The predicted molar refractivity (Wildman–Crippen MR) is 103 cm³/mol. The first-order valence-electron chi connectivity index (χ1n) is 8.95. The molecule has 9 nitrogen and oxygen atoms in total. The van der Waals surface area contributed by atoms with E-state index < -0.39 is 23.2 Å². The molecule has 1 rings (SSSR count). The van der Waals surface area contributed by atoms with Crippen LogP contribution < -0.4 is 9.47 Å². The number of esters is 1. The van der Waals surface area contributed by atoms with Gasteiger partial charge in [-0.25, -0.2) is 4.79 Å². The summed E-state index contributed by atoms with van der Waals surface area (Å²) >= 11 is 0. The van der Waals surface area contributed by atoms with E-state index in [0.717, 1.165) is 6.07 Å². The third-order valence-corrected chi connectivity index (χ3v) is 3.77. The van der Waals surface area contributed by atoms with Gasteiger partial charge in [-0.3, -0.25) is 14.9 Å². The van der Waals surface area contributed by atoms with E-state index in [4.69, 9.17) is 14.2 Å². The number of methoxy groups -OCH3 is 2. The predicted octanol–water partition coefficient (Wildman–Crippen LogP) is 2.91. The second-order valence-electron chi connectivity index (χ2n) is 7.14. The number of rotatable bonds is 10. The Hall–Kier alpha value is -2.84. The molecule has 0 fully saturated rings. The van der Waals surface area contributed by atoms with E-state index in [0.29, 0.717) is 13.1 Å². The van der Waals surface area contributed by atoms with E-state index in [1.165, 1.54) is 20.3 Å². The maximum absolute atomic E-state index is 12.5. The molecule has 0 aromatic heterocycles. The zero-order valence-corrected chi connectivity index (χ0v) is 17.2. The van der Waals surface area contributed by atoms with Crippen LogP contribution in [-0.4, -0.2) is 55.6 Å². The molecule has 0 unspecified atom stereocenters. The summed E-state index contributed by atoms with van der Waals surface area (Å²) in [7, 11) is 2.67. The molecule has 0 saturated carbocycles. The average Bonchev–Trinajstić information content (AvgIpc) is 2.63. The third-order valence-electron chi connectivity index (χ3n) is 3.77. The summed E-state index contributed by atoms with van der Waals surface area (Å²) in [5.74, 6) is -0.556. The number of hydrogen-bond acceptors (Lipinski definition) is 7. The number of hydrogen-bond donors (Lipinski definition) is 0. The highest BCUT2D eigenvalue weighted by Crippen LogP contribution is 2.34. The van der Waals surface area contributed by atoms with Crippen molar-refractivity contribution in [3.05, 3.63) is 27.8 Å². The van der Waals surface area contributed by atoms with E-state index >= 15 is 0 Å². The van der Waals surface area contributed by atoms with Crippen LogP contribution >= 0.6 is 0 Å². The van der Waals surface area contributed by atoms with Crippen LogP contribution in [-0.2, 0) is 9.53 Å². The smallest absolute Gasteiger partial charge is 0.345 e. The number of nitro groups is 1. The molecule has 1 amide bonds. The van der Waals surface area contributed by atoms with Gasteiger partial charge in [-0.15, -0.1) is 0 Å². The summed E-state index contributed by atoms with van der Waals surface area (Å²) in [6, 6.07) is 2.25. The van der Waals surface area contributed by atoms with Crippen molar-refractivity contribution in [2.45, 2.75) is 27.7 Å². The van der Waals surface area contributed by atoms with Crippen molar-refractivity contribution < 1.29 is 28.7 Å². The number of ether oxygens (including phenoxy) is 3. The molecule has 0 aliphatic heterocycles. The second kappa shape index (κ2) is 10.5. The SMILES string of the molecule is COc1cc(C(=O)OCC(=O)N(CC(C)C)CC(C)C)c([N+](=O)[O-])cc1OC. The fourth-order valence-electron chi connectivity index (χ4n) is 2.64. The van der Waals surface area contributed by atoms with Crippen molar-refractivity contribution in [2.75, 3.05) is 33.9 Å². The molecule has 28 heavy (non-hydrogen) atoms. The van der Waals surface area contributed by atoms with Gasteiger partial charge in [0.15, 0.2) is 18.1 Å². The van der Waals surface area contributed by atoms with Gasteiger partial charge in [0.05, 0.1) is 25.2 Å². The van der Waals surface area contributed by atoms with Crippen LogP contribution in [0.1, 0.15) is 38.1 Å². The largest absolute Gasteiger partial charge is 0.493 e. The minimum absolute atomic E-state index is 0.113. The minimum Gasteiger partial charge on any atom is -0.493 e. The highest BCUT2D eigenvalue weighted by Gasteiger charge is 2.27. The summed E-state index contributed by atoms with van der Waals surface area (Å²) < 4.78 is 15.2. The van der Waals surface area contributed by atoms with Crippen molar-refractivity contribution in [2.24, 2.45) is 11.8 Å². The van der Waals surface area contributed by atoms with Gasteiger partial charge >= 0.3 is 5.97 Å². The molecule has 0 N–H and O–H groups in total. The summed E-state index contributed by atoms with van der Waals surface area (Å²) in [4.78, 5) is 37.1. The molecule has 0 atom stereocenters. The molecule has 0 heterocycles. The fraction of sp³-hybridized carbons (Fsp3) is 0.579. The van der Waals surface area contributed by atoms with Crippen LogP contribution in [0.3, 0.4) is 0 Å².